The van der Waals surface area contributed by atoms with Crippen molar-refractivity contribution in [3.05, 3.63) is 58.8 Å². The molecule has 0 spiro atoms. The van der Waals surface area contributed by atoms with Gasteiger partial charge < -0.3 is 20.3 Å². The average molecular weight is 421 g/mol. The number of pyridine rings is 1. The molecular formula is C23H24FN5O2. The molecule has 1 aliphatic carbocycles. The van der Waals surface area contributed by atoms with Crippen molar-refractivity contribution in [2.24, 2.45) is 0 Å². The highest BCUT2D eigenvalue weighted by Gasteiger charge is 2.28. The summed E-state index contributed by atoms with van der Waals surface area (Å²) in [6.45, 7) is 1.82. The molecule has 5 rings (SSSR count). The molecule has 160 valence electrons. The summed E-state index contributed by atoms with van der Waals surface area (Å²) >= 11 is 0. The monoisotopic (exact) mass is 421 g/mol. The van der Waals surface area contributed by atoms with Crippen molar-refractivity contribution in [3.63, 3.8) is 0 Å². The first-order valence-corrected chi connectivity index (χ1v) is 10.6. The second-order valence-corrected chi connectivity index (χ2v) is 8.29. The van der Waals surface area contributed by atoms with Crippen LogP contribution in [-0.2, 0) is 0 Å². The molecule has 3 heterocycles. The van der Waals surface area contributed by atoms with Crippen LogP contribution in [0.15, 0.2) is 47.4 Å². The number of aromatic hydroxyl groups is 1. The van der Waals surface area contributed by atoms with Crippen molar-refractivity contribution in [1.82, 2.24) is 20.5 Å². The summed E-state index contributed by atoms with van der Waals surface area (Å²) in [4.78, 5) is 16.2. The van der Waals surface area contributed by atoms with Gasteiger partial charge in [-0.3, -0.25) is 4.79 Å². The van der Waals surface area contributed by atoms with Gasteiger partial charge in [-0.1, -0.05) is 6.42 Å². The van der Waals surface area contributed by atoms with E-state index in [9.17, 15) is 14.3 Å². The summed E-state index contributed by atoms with van der Waals surface area (Å²) in [5, 5.41) is 22.7. The molecule has 1 saturated carbocycles. The van der Waals surface area contributed by atoms with Crippen molar-refractivity contribution < 1.29 is 9.50 Å². The molecule has 1 aliphatic heterocycles. The number of hydrogen-bond acceptors (Lipinski definition) is 6. The molecule has 1 saturated heterocycles. The Hall–Kier alpha value is -3.26. The minimum atomic E-state index is -0.547. The number of aromatic amines is 1. The number of H-pyrrole nitrogens is 1. The Kier molecular flexibility index (Phi) is 5.15. The number of phenols is 1. The molecule has 1 aromatic carbocycles. The van der Waals surface area contributed by atoms with Crippen LogP contribution < -0.4 is 15.8 Å². The van der Waals surface area contributed by atoms with E-state index in [1.54, 1.807) is 12.1 Å². The number of halogens is 1. The Morgan fingerprint density at radius 3 is 2.65 bits per heavy atom. The van der Waals surface area contributed by atoms with Gasteiger partial charge in [0.1, 0.15) is 11.6 Å². The largest absolute Gasteiger partial charge is 0.507 e. The van der Waals surface area contributed by atoms with E-state index in [2.05, 4.69) is 25.4 Å². The van der Waals surface area contributed by atoms with Gasteiger partial charge in [0.15, 0.2) is 5.82 Å². The van der Waals surface area contributed by atoms with Crippen molar-refractivity contribution >= 4 is 5.82 Å². The number of nitrogens with zero attached hydrogens (tertiary/aromatic N) is 3. The van der Waals surface area contributed by atoms with E-state index in [1.807, 2.05) is 6.07 Å². The second kappa shape index (κ2) is 8.11. The average Bonchev–Trinajstić information content (AvgIpc) is 3.21. The van der Waals surface area contributed by atoms with Crippen LogP contribution >= 0.6 is 0 Å². The van der Waals surface area contributed by atoms with E-state index in [-0.39, 0.29) is 22.4 Å². The van der Waals surface area contributed by atoms with Crippen LogP contribution in [0.5, 0.6) is 5.75 Å². The van der Waals surface area contributed by atoms with Crippen LogP contribution in [0.1, 0.15) is 25.7 Å². The highest BCUT2D eigenvalue weighted by molar-refractivity contribution is 5.74. The molecular weight excluding hydrogens is 397 g/mol. The molecule has 0 amide bonds. The summed E-state index contributed by atoms with van der Waals surface area (Å²) in [7, 11) is 0. The Balaban J connectivity index is 1.34. The molecule has 2 aromatic heterocycles. The maximum Gasteiger partial charge on any atom is 0.248 e. The fraction of sp³-hybridized carbons (Fsp3) is 0.348. The molecule has 3 aromatic rings. The van der Waals surface area contributed by atoms with Crippen LogP contribution in [0.25, 0.3) is 22.4 Å². The third kappa shape index (κ3) is 4.03. The number of benzene rings is 1. The van der Waals surface area contributed by atoms with Gasteiger partial charge in [-0.2, -0.15) is 0 Å². The van der Waals surface area contributed by atoms with Gasteiger partial charge >= 0.3 is 0 Å². The van der Waals surface area contributed by atoms with E-state index >= 15 is 0 Å². The smallest absolute Gasteiger partial charge is 0.248 e. The fourth-order valence-electron chi connectivity index (χ4n) is 4.25. The molecule has 0 bridgehead atoms. The lowest BCUT2D eigenvalue weighted by atomic mass is 9.92. The molecule has 0 unspecified atom stereocenters. The maximum atomic E-state index is 14.8. The summed E-state index contributed by atoms with van der Waals surface area (Å²) < 4.78 is 14.8. The summed E-state index contributed by atoms with van der Waals surface area (Å²) in [6.07, 6.45) is 6.38. The lowest BCUT2D eigenvalue weighted by Crippen LogP contribution is -2.43. The van der Waals surface area contributed by atoms with Gasteiger partial charge in [0.25, 0.3) is 0 Å². The zero-order valence-electron chi connectivity index (χ0n) is 17.0. The zero-order chi connectivity index (χ0) is 21.4. The number of anilines is 1. The zero-order valence-corrected chi connectivity index (χ0v) is 17.0. The normalized spacial score (nSPS) is 18.9. The highest BCUT2D eigenvalue weighted by Crippen LogP contribution is 2.34. The molecule has 3 N–H and O–H groups in total. The van der Waals surface area contributed by atoms with Crippen LogP contribution in [-0.4, -0.2) is 45.5 Å². The third-order valence-electron chi connectivity index (χ3n) is 6.19. The molecule has 2 aliphatic rings. The molecule has 8 heteroatoms. The Morgan fingerprint density at radius 1 is 1.06 bits per heavy atom. The first-order valence-electron chi connectivity index (χ1n) is 10.6. The summed E-state index contributed by atoms with van der Waals surface area (Å²) in [5.41, 5.74) is 0.855. The van der Waals surface area contributed by atoms with Gasteiger partial charge in [0.05, 0.1) is 5.69 Å². The molecule has 7 nitrogen and oxygen atoms in total. The van der Waals surface area contributed by atoms with Crippen molar-refractivity contribution in [1.29, 1.82) is 0 Å². The number of phenolic OH excluding ortho intramolecular Hbond substituents is 1. The van der Waals surface area contributed by atoms with Crippen molar-refractivity contribution in [2.45, 2.75) is 37.8 Å². The van der Waals surface area contributed by atoms with E-state index in [0.29, 0.717) is 23.3 Å². The van der Waals surface area contributed by atoms with Crippen molar-refractivity contribution in [3.8, 4) is 28.1 Å². The number of nitrogens with one attached hydrogen (secondary N) is 2. The van der Waals surface area contributed by atoms with E-state index in [4.69, 9.17) is 0 Å². The number of aromatic nitrogens is 3. The SMILES string of the molecule is O=c1cc(-c2cc(O)c(-c3ccc(N4CC[C@@H](NC5CCC5)C4)nn3)cc2F)cc[nH]1. The van der Waals surface area contributed by atoms with Crippen LogP contribution in [0.4, 0.5) is 10.2 Å². The topological polar surface area (TPSA) is 94.1 Å². The predicted molar refractivity (Wildman–Crippen MR) is 117 cm³/mol. The highest BCUT2D eigenvalue weighted by atomic mass is 19.1. The lowest BCUT2D eigenvalue weighted by molar-refractivity contribution is 0.311. The summed E-state index contributed by atoms with van der Waals surface area (Å²) in [6, 6.07) is 10.1. The maximum absolute atomic E-state index is 14.8. The Labute approximate surface area is 179 Å². The second-order valence-electron chi connectivity index (χ2n) is 8.29. The summed E-state index contributed by atoms with van der Waals surface area (Å²) in [5.74, 6) is 0.111. The molecule has 1 atom stereocenters. The van der Waals surface area contributed by atoms with Gasteiger partial charge in [0.2, 0.25) is 5.56 Å². The van der Waals surface area contributed by atoms with Gasteiger partial charge in [-0.15, -0.1) is 10.2 Å². The van der Waals surface area contributed by atoms with E-state index < -0.39 is 5.82 Å². The molecule has 0 radical (unpaired) electrons. The number of hydrogen-bond donors (Lipinski definition) is 3. The van der Waals surface area contributed by atoms with Crippen molar-refractivity contribution in [2.75, 3.05) is 18.0 Å². The molecule has 2 fully saturated rings. The Morgan fingerprint density at radius 2 is 1.94 bits per heavy atom. The first kappa shape index (κ1) is 19.7. The first-order chi connectivity index (χ1) is 15.1. The fourth-order valence-corrected chi connectivity index (χ4v) is 4.25. The van der Waals surface area contributed by atoms with Crippen LogP contribution in [0.2, 0.25) is 0 Å². The van der Waals surface area contributed by atoms with Gasteiger partial charge in [0, 0.05) is 48.6 Å². The van der Waals surface area contributed by atoms with Gasteiger partial charge in [-0.05, 0) is 55.2 Å². The minimum Gasteiger partial charge on any atom is -0.507 e. The predicted octanol–water partition coefficient (Wildman–Crippen LogP) is 3.06. The molecule has 31 heavy (non-hydrogen) atoms. The van der Waals surface area contributed by atoms with E-state index in [1.165, 1.54) is 43.7 Å². The minimum absolute atomic E-state index is 0.121. The van der Waals surface area contributed by atoms with E-state index in [0.717, 1.165) is 25.3 Å². The quantitative estimate of drug-likeness (QED) is 0.586. The van der Waals surface area contributed by atoms with Gasteiger partial charge in [-0.25, -0.2) is 4.39 Å². The van der Waals surface area contributed by atoms with Crippen LogP contribution in [0, 0.1) is 5.82 Å². The Bertz CT molecular complexity index is 1140. The lowest BCUT2D eigenvalue weighted by Gasteiger charge is -2.29. The standard InChI is InChI=1S/C23H24FN5O2/c24-19-11-18(21(30)12-17(19)14-6-8-25-23(31)10-14)20-4-5-22(28-27-20)29-9-7-16(13-29)26-15-2-1-3-15/h4-6,8,10-12,15-16,26,30H,1-3,7,9,13H2,(H,25,31)/t16-/m1/s1. The van der Waals surface area contributed by atoms with Crippen LogP contribution in [0.3, 0.4) is 0 Å². The number of rotatable bonds is 5. The third-order valence-corrected chi connectivity index (χ3v) is 6.19.